The minimum atomic E-state index is -4.17. The van der Waals surface area contributed by atoms with Gasteiger partial charge in [0.05, 0.1) is 46.3 Å². The SMILES string of the molecule is CC(=O)O[C@H]1CC[C@H](c2ccncc2CC(=O)c2ccc(F)c(-c3c(F)cccc3F)n2)O[C@@H]1COS(=O)(=O)c1ccc(C)cc1.CC(=O)O[C@H]1[C@H](C)C[C@H](c2ccncc2CC(=O)c2ccc(F)c(-c3c(F)cccc3F)n2)O[C@@H]1COS(=O)(=O)c1ccc(C)cc1. The molecule has 486 valence electrons. The van der Waals surface area contributed by atoms with Crippen LogP contribution in [-0.2, 0) is 70.0 Å². The van der Waals surface area contributed by atoms with Crippen LogP contribution < -0.4 is 0 Å². The van der Waals surface area contributed by atoms with Crippen molar-refractivity contribution in [1.82, 2.24) is 19.9 Å². The van der Waals surface area contributed by atoms with Crippen LogP contribution in [0.4, 0.5) is 26.3 Å². The molecule has 0 unspecified atom stereocenters. The number of benzene rings is 4. The van der Waals surface area contributed by atoms with Gasteiger partial charge in [-0.05, 0) is 146 Å². The van der Waals surface area contributed by atoms with Crippen LogP contribution >= 0.6 is 0 Å². The molecule has 0 aliphatic carbocycles. The summed E-state index contributed by atoms with van der Waals surface area (Å²) in [6.07, 6.45) is 1.36. The Bertz CT molecular complexity index is 4280. The first kappa shape index (κ1) is 68.4. The van der Waals surface area contributed by atoms with Crippen molar-refractivity contribution in [1.29, 1.82) is 0 Å². The fourth-order valence-electron chi connectivity index (χ4n) is 10.7. The molecule has 2 aliphatic heterocycles. The zero-order chi connectivity index (χ0) is 66.9. The molecule has 10 rings (SSSR count). The largest absolute Gasteiger partial charge is 0.460 e. The van der Waals surface area contributed by atoms with Crippen LogP contribution in [0, 0.1) is 54.7 Å². The maximum absolute atomic E-state index is 14.6. The van der Waals surface area contributed by atoms with Crippen molar-refractivity contribution in [3.63, 3.8) is 0 Å². The van der Waals surface area contributed by atoms with E-state index in [0.29, 0.717) is 41.5 Å². The van der Waals surface area contributed by atoms with Crippen LogP contribution in [0.1, 0.15) is 107 Å². The maximum atomic E-state index is 14.6. The molecule has 6 heterocycles. The summed E-state index contributed by atoms with van der Waals surface area (Å²) in [6.45, 7) is 7.03. The normalized spacial score (nSPS) is 19.0. The summed E-state index contributed by atoms with van der Waals surface area (Å²) in [5.41, 5.74) is 0.608. The van der Waals surface area contributed by atoms with Gasteiger partial charge in [0.1, 0.15) is 82.1 Å². The molecule has 18 nitrogen and oxygen atoms in total. The minimum absolute atomic E-state index is 0.0419. The van der Waals surface area contributed by atoms with Gasteiger partial charge >= 0.3 is 11.9 Å². The van der Waals surface area contributed by atoms with Crippen molar-refractivity contribution < 1.29 is 89.7 Å². The van der Waals surface area contributed by atoms with Gasteiger partial charge in [-0.15, -0.1) is 0 Å². The highest BCUT2D eigenvalue weighted by molar-refractivity contribution is 7.87. The number of aryl methyl sites for hydroxylation is 2. The fourth-order valence-corrected chi connectivity index (χ4v) is 12.5. The molecule has 2 saturated heterocycles. The van der Waals surface area contributed by atoms with Crippen LogP contribution in [0.25, 0.3) is 22.5 Å². The van der Waals surface area contributed by atoms with Gasteiger partial charge in [0, 0.05) is 51.5 Å². The average molecular weight is 1320 g/mol. The number of aromatic nitrogens is 4. The summed E-state index contributed by atoms with van der Waals surface area (Å²) < 4.78 is 172. The predicted molar refractivity (Wildman–Crippen MR) is 322 cm³/mol. The number of hydrogen-bond acceptors (Lipinski definition) is 18. The molecule has 4 aromatic carbocycles. The first-order valence-corrected chi connectivity index (χ1v) is 31.8. The molecular formula is C67H60F6N4O14S2. The van der Waals surface area contributed by atoms with Crippen molar-refractivity contribution in [2.75, 3.05) is 13.2 Å². The first-order chi connectivity index (χ1) is 44.3. The highest BCUT2D eigenvalue weighted by atomic mass is 32.2. The number of esters is 2. The molecule has 4 aromatic heterocycles. The van der Waals surface area contributed by atoms with Gasteiger partial charge in [0.2, 0.25) is 0 Å². The third-order valence-corrected chi connectivity index (χ3v) is 17.9. The van der Waals surface area contributed by atoms with Crippen molar-refractivity contribution in [2.45, 2.75) is 113 Å². The Balaban J connectivity index is 0.000000219. The highest BCUT2D eigenvalue weighted by Crippen LogP contribution is 2.40. The molecule has 0 spiro atoms. The molecule has 26 heteroatoms. The lowest BCUT2D eigenvalue weighted by Gasteiger charge is -2.40. The first-order valence-electron chi connectivity index (χ1n) is 29.0. The molecule has 8 aromatic rings. The van der Waals surface area contributed by atoms with E-state index in [-0.39, 0.29) is 39.9 Å². The number of ketones is 2. The van der Waals surface area contributed by atoms with E-state index in [0.717, 1.165) is 71.8 Å². The summed E-state index contributed by atoms with van der Waals surface area (Å²) in [5, 5.41) is 0. The fraction of sp³-hybridized carbons (Fsp3) is 0.284. The summed E-state index contributed by atoms with van der Waals surface area (Å²) in [4.78, 5) is 66.5. The van der Waals surface area contributed by atoms with Gasteiger partial charge in [-0.3, -0.25) is 37.5 Å². The van der Waals surface area contributed by atoms with Crippen LogP contribution in [0.5, 0.6) is 0 Å². The van der Waals surface area contributed by atoms with Gasteiger partial charge in [-0.25, -0.2) is 36.3 Å². The van der Waals surface area contributed by atoms with Gasteiger partial charge in [-0.1, -0.05) is 54.4 Å². The van der Waals surface area contributed by atoms with E-state index >= 15 is 0 Å². The third-order valence-electron chi connectivity index (χ3n) is 15.3. The number of Topliss-reactive ketones (excluding diaryl/α,β-unsaturated/α-hetero) is 2. The molecule has 93 heavy (non-hydrogen) atoms. The Morgan fingerprint density at radius 3 is 1.38 bits per heavy atom. The Morgan fingerprint density at radius 1 is 0.516 bits per heavy atom. The maximum Gasteiger partial charge on any atom is 0.303 e. The van der Waals surface area contributed by atoms with Gasteiger partial charge in [0.25, 0.3) is 20.2 Å². The van der Waals surface area contributed by atoms with Crippen LogP contribution in [0.15, 0.2) is 156 Å². The molecule has 2 aliphatic rings. The molecular weight excluding hydrogens is 1260 g/mol. The molecule has 7 atom stereocenters. The third kappa shape index (κ3) is 16.8. The Hall–Kier alpha value is -8.92. The van der Waals surface area contributed by atoms with Crippen LogP contribution in [-0.4, -0.2) is 97.9 Å². The molecule has 0 amide bonds. The summed E-state index contributed by atoms with van der Waals surface area (Å²) >= 11 is 0. The number of halogens is 6. The summed E-state index contributed by atoms with van der Waals surface area (Å²) in [6, 6.07) is 25.7. The zero-order valence-electron chi connectivity index (χ0n) is 50.4. The standard InChI is InChI=1S/C34H31F3N2O7S.C33H29F3N2O7S/c1-19-7-9-23(10-8-19)47(42,43)44-18-31-34(45-21(3)40)20(2)15-30(46-31)24-13-14-38-17-22(24)16-29(41)28-12-11-27(37)33(39-28)32-25(35)5-4-6-26(32)36;1-19-6-8-22(9-7-19)46(41,42)43-18-31-30(44-20(2)39)13-12-29(45-31)23-14-15-37-17-21(23)16-28(40)27-11-10-26(36)33(38-27)32-24(34)4-3-5-25(32)35/h4-14,17,20,30-31,34H,15-16,18H2,1-3H3;3-11,14-15,17,29-31H,12-13,16,18H2,1-2H3/t20-,30-,31-,34+;29-,30+,31-/m11/s1. The van der Waals surface area contributed by atoms with E-state index in [9.17, 15) is 62.4 Å². The molecule has 0 saturated carbocycles. The number of ether oxygens (including phenoxy) is 4. The quantitative estimate of drug-likeness (QED) is 0.0298. The Kier molecular flexibility index (Phi) is 21.9. The topological polar surface area (TPSA) is 243 Å². The van der Waals surface area contributed by atoms with Crippen molar-refractivity contribution >= 4 is 43.7 Å². The second kappa shape index (κ2) is 29.8. The smallest absolute Gasteiger partial charge is 0.303 e. The summed E-state index contributed by atoms with van der Waals surface area (Å²) in [5.74, 6) is -8.76. The second-order valence-electron chi connectivity index (χ2n) is 22.0. The molecule has 2 fully saturated rings. The number of nitrogens with zero attached hydrogens (tertiary/aromatic N) is 4. The average Bonchev–Trinajstić information content (AvgIpc) is 0.832. The lowest BCUT2D eigenvalue weighted by atomic mass is 9.86. The van der Waals surface area contributed by atoms with Crippen LogP contribution in [0.2, 0.25) is 0 Å². The number of pyridine rings is 4. The predicted octanol–water partition coefficient (Wildman–Crippen LogP) is 12.0. The van der Waals surface area contributed by atoms with Crippen molar-refractivity contribution in [3.8, 4) is 22.5 Å². The monoisotopic (exact) mass is 1320 g/mol. The van der Waals surface area contributed by atoms with Gasteiger partial charge in [0.15, 0.2) is 11.6 Å². The Morgan fingerprint density at radius 2 is 0.935 bits per heavy atom. The number of carbonyl (C=O) groups is 4. The van der Waals surface area contributed by atoms with E-state index in [4.69, 9.17) is 27.3 Å². The molecule has 0 bridgehead atoms. The van der Waals surface area contributed by atoms with Gasteiger partial charge in [-0.2, -0.15) is 16.8 Å². The summed E-state index contributed by atoms with van der Waals surface area (Å²) in [7, 11) is -8.32. The minimum Gasteiger partial charge on any atom is -0.460 e. The van der Waals surface area contributed by atoms with Gasteiger partial charge < -0.3 is 18.9 Å². The van der Waals surface area contributed by atoms with E-state index < -0.39 is 151 Å². The zero-order valence-corrected chi connectivity index (χ0v) is 52.1. The number of hydrogen-bond donors (Lipinski definition) is 0. The number of rotatable bonds is 20. The molecule has 0 N–H and O–H groups in total. The highest BCUT2D eigenvalue weighted by Gasteiger charge is 2.42. The van der Waals surface area contributed by atoms with Crippen molar-refractivity contribution in [3.05, 3.63) is 226 Å². The van der Waals surface area contributed by atoms with Crippen molar-refractivity contribution in [2.24, 2.45) is 5.92 Å². The Labute approximate surface area is 531 Å². The van der Waals surface area contributed by atoms with E-state index in [1.807, 2.05) is 20.8 Å². The lowest BCUT2D eigenvalue weighted by molar-refractivity contribution is -0.186. The van der Waals surface area contributed by atoms with E-state index in [2.05, 4.69) is 19.9 Å². The van der Waals surface area contributed by atoms with E-state index in [1.54, 1.807) is 36.4 Å². The lowest BCUT2D eigenvalue weighted by Crippen LogP contribution is -2.46. The second-order valence-corrected chi connectivity index (χ2v) is 25.3. The van der Waals surface area contributed by atoms with Crippen LogP contribution in [0.3, 0.4) is 0 Å². The number of carbonyl (C=O) groups excluding carboxylic acids is 4. The molecule has 0 radical (unpaired) electrons. The van der Waals surface area contributed by atoms with E-state index in [1.165, 1.54) is 62.9 Å².